The lowest BCUT2D eigenvalue weighted by Gasteiger charge is -2.22. The van der Waals surface area contributed by atoms with E-state index in [1.807, 2.05) is 25.1 Å². The molecule has 1 aliphatic rings. The van der Waals surface area contributed by atoms with Crippen LogP contribution >= 0.6 is 0 Å². The van der Waals surface area contributed by atoms with Gasteiger partial charge in [0.1, 0.15) is 11.5 Å². The van der Waals surface area contributed by atoms with Crippen LogP contribution in [-0.2, 0) is 0 Å². The zero-order chi connectivity index (χ0) is 17.8. The summed E-state index contributed by atoms with van der Waals surface area (Å²) in [7, 11) is 2.14. The molecule has 0 radical (unpaired) electrons. The maximum Gasteiger partial charge on any atom is 0.213 e. The maximum atomic E-state index is 12.9. The molecule has 2 aromatic rings. The van der Waals surface area contributed by atoms with Crippen molar-refractivity contribution in [1.29, 1.82) is 0 Å². The average Bonchev–Trinajstić information content (AvgIpc) is 2.86. The van der Waals surface area contributed by atoms with Gasteiger partial charge in [0.25, 0.3) is 0 Å². The molecule has 3 rings (SSSR count). The number of pyridine rings is 2. The number of anilines is 1. The molecular formula is C20H24N4O. The lowest BCUT2D eigenvalue weighted by atomic mass is 10.0. The Kier molecular flexibility index (Phi) is 5.24. The number of nitrogens with zero attached hydrogens (tertiary/aromatic N) is 4. The summed E-state index contributed by atoms with van der Waals surface area (Å²) >= 11 is 0. The summed E-state index contributed by atoms with van der Waals surface area (Å²) in [6.07, 6.45) is 4.51. The number of carbonyl (C=O) groups is 1. The molecule has 3 heterocycles. The van der Waals surface area contributed by atoms with Gasteiger partial charge in [0.15, 0.2) is 0 Å². The minimum Gasteiger partial charge on any atom is -0.355 e. The number of hydrogen-bond acceptors (Lipinski definition) is 5. The first-order chi connectivity index (χ1) is 12.1. The van der Waals surface area contributed by atoms with Crippen molar-refractivity contribution in [2.24, 2.45) is 0 Å². The van der Waals surface area contributed by atoms with Gasteiger partial charge in [-0.1, -0.05) is 18.7 Å². The Morgan fingerprint density at radius 3 is 2.88 bits per heavy atom. The Labute approximate surface area is 149 Å². The molecule has 5 heteroatoms. The van der Waals surface area contributed by atoms with Gasteiger partial charge < -0.3 is 9.80 Å². The standard InChI is InChI=1S/C20H24N4O/c1-4-16-13-17(15(2)21-14-16)20(25)18-7-5-8-19(22-18)24-10-6-9-23(3)11-12-24/h4-5,7-8,13-14H,1,6,9-12H2,2-3H3. The highest BCUT2D eigenvalue weighted by atomic mass is 16.1. The quantitative estimate of drug-likeness (QED) is 0.804. The van der Waals surface area contributed by atoms with E-state index in [9.17, 15) is 4.79 Å². The zero-order valence-electron chi connectivity index (χ0n) is 14.9. The van der Waals surface area contributed by atoms with E-state index in [2.05, 4.69) is 33.4 Å². The predicted octanol–water partition coefficient (Wildman–Crippen LogP) is 2.80. The highest BCUT2D eigenvalue weighted by Crippen LogP contribution is 2.18. The number of ketones is 1. The molecule has 0 unspecified atom stereocenters. The third-order valence-electron chi connectivity index (χ3n) is 4.60. The van der Waals surface area contributed by atoms with Crippen molar-refractivity contribution in [1.82, 2.24) is 14.9 Å². The van der Waals surface area contributed by atoms with Gasteiger partial charge in [-0.05, 0) is 50.7 Å². The highest BCUT2D eigenvalue weighted by Gasteiger charge is 2.18. The van der Waals surface area contributed by atoms with Gasteiger partial charge in [0.05, 0.1) is 0 Å². The van der Waals surface area contributed by atoms with Crippen LogP contribution < -0.4 is 4.90 Å². The lowest BCUT2D eigenvalue weighted by molar-refractivity contribution is 0.103. The topological polar surface area (TPSA) is 49.3 Å². The molecule has 25 heavy (non-hydrogen) atoms. The number of aromatic nitrogens is 2. The van der Waals surface area contributed by atoms with Crippen molar-refractivity contribution in [2.45, 2.75) is 13.3 Å². The summed E-state index contributed by atoms with van der Waals surface area (Å²) in [5.41, 5.74) is 2.58. The van der Waals surface area contributed by atoms with Crippen molar-refractivity contribution in [2.75, 3.05) is 38.1 Å². The molecule has 0 aliphatic carbocycles. The van der Waals surface area contributed by atoms with E-state index in [1.54, 1.807) is 18.3 Å². The van der Waals surface area contributed by atoms with Crippen molar-refractivity contribution < 1.29 is 4.79 Å². The van der Waals surface area contributed by atoms with Crippen LogP contribution in [0.5, 0.6) is 0 Å². The molecule has 2 aromatic heterocycles. The van der Waals surface area contributed by atoms with E-state index in [-0.39, 0.29) is 5.78 Å². The lowest BCUT2D eigenvalue weighted by Crippen LogP contribution is -2.29. The fourth-order valence-electron chi connectivity index (χ4n) is 3.03. The first-order valence-corrected chi connectivity index (χ1v) is 8.63. The number of aryl methyl sites for hydroxylation is 1. The number of likely N-dealkylation sites (N-methyl/N-ethyl adjacent to an activating group) is 1. The fourth-order valence-corrected chi connectivity index (χ4v) is 3.03. The minimum atomic E-state index is -0.0949. The second kappa shape index (κ2) is 7.57. The Bertz CT molecular complexity index is 787. The van der Waals surface area contributed by atoms with Gasteiger partial charge in [-0.2, -0.15) is 0 Å². The molecule has 1 fully saturated rings. The van der Waals surface area contributed by atoms with Crippen LogP contribution in [-0.4, -0.2) is 53.9 Å². The Balaban J connectivity index is 1.88. The van der Waals surface area contributed by atoms with Gasteiger partial charge in [-0.15, -0.1) is 0 Å². The summed E-state index contributed by atoms with van der Waals surface area (Å²) in [6, 6.07) is 7.49. The number of carbonyl (C=O) groups excluding carboxylic acids is 1. The van der Waals surface area contributed by atoms with Crippen LogP contribution in [0.1, 0.15) is 33.7 Å². The van der Waals surface area contributed by atoms with Crippen LogP contribution in [0.15, 0.2) is 37.0 Å². The van der Waals surface area contributed by atoms with E-state index in [4.69, 9.17) is 0 Å². The molecule has 5 nitrogen and oxygen atoms in total. The fraction of sp³-hybridized carbons (Fsp3) is 0.350. The molecule has 0 amide bonds. The summed E-state index contributed by atoms with van der Waals surface area (Å²) in [5, 5.41) is 0. The van der Waals surface area contributed by atoms with Gasteiger partial charge in [-0.25, -0.2) is 4.98 Å². The minimum absolute atomic E-state index is 0.0949. The third kappa shape index (κ3) is 3.94. The Morgan fingerprint density at radius 2 is 2.08 bits per heavy atom. The monoisotopic (exact) mass is 336 g/mol. The predicted molar refractivity (Wildman–Crippen MR) is 101 cm³/mol. The summed E-state index contributed by atoms with van der Waals surface area (Å²) in [4.78, 5) is 26.4. The van der Waals surface area contributed by atoms with Crippen LogP contribution in [0.25, 0.3) is 6.08 Å². The molecule has 0 aromatic carbocycles. The molecule has 0 spiro atoms. The molecule has 0 bridgehead atoms. The largest absolute Gasteiger partial charge is 0.355 e. The second-order valence-corrected chi connectivity index (χ2v) is 6.46. The van der Waals surface area contributed by atoms with Crippen LogP contribution in [0.3, 0.4) is 0 Å². The van der Waals surface area contributed by atoms with Crippen molar-refractivity contribution in [3.05, 3.63) is 59.6 Å². The summed E-state index contributed by atoms with van der Waals surface area (Å²) < 4.78 is 0. The van der Waals surface area contributed by atoms with E-state index in [0.29, 0.717) is 17.0 Å². The second-order valence-electron chi connectivity index (χ2n) is 6.46. The first kappa shape index (κ1) is 17.3. The molecule has 0 N–H and O–H groups in total. The van der Waals surface area contributed by atoms with E-state index in [0.717, 1.165) is 44.0 Å². The normalized spacial score (nSPS) is 15.7. The molecule has 0 saturated carbocycles. The molecule has 0 atom stereocenters. The highest BCUT2D eigenvalue weighted by molar-refractivity contribution is 6.08. The van der Waals surface area contributed by atoms with Crippen LogP contribution in [0.4, 0.5) is 5.82 Å². The zero-order valence-corrected chi connectivity index (χ0v) is 14.9. The molecule has 130 valence electrons. The van der Waals surface area contributed by atoms with Crippen molar-refractivity contribution in [3.8, 4) is 0 Å². The number of rotatable bonds is 4. The van der Waals surface area contributed by atoms with Gasteiger partial charge >= 0.3 is 0 Å². The van der Waals surface area contributed by atoms with Gasteiger partial charge in [0.2, 0.25) is 5.78 Å². The van der Waals surface area contributed by atoms with Crippen molar-refractivity contribution >= 4 is 17.7 Å². The van der Waals surface area contributed by atoms with E-state index >= 15 is 0 Å². The Hall–Kier alpha value is -2.53. The molecular weight excluding hydrogens is 312 g/mol. The summed E-state index contributed by atoms with van der Waals surface area (Å²) in [5.74, 6) is 0.772. The van der Waals surface area contributed by atoms with E-state index in [1.165, 1.54) is 0 Å². The molecule has 1 saturated heterocycles. The van der Waals surface area contributed by atoms with Gasteiger partial charge in [-0.3, -0.25) is 9.78 Å². The number of hydrogen-bond donors (Lipinski definition) is 0. The maximum absolute atomic E-state index is 12.9. The van der Waals surface area contributed by atoms with E-state index < -0.39 is 0 Å². The smallest absolute Gasteiger partial charge is 0.213 e. The Morgan fingerprint density at radius 1 is 1.24 bits per heavy atom. The summed E-state index contributed by atoms with van der Waals surface area (Å²) in [6.45, 7) is 9.57. The SMILES string of the molecule is C=Cc1cnc(C)c(C(=O)c2cccc(N3CCCN(C)CC3)n2)c1. The first-order valence-electron chi connectivity index (χ1n) is 8.63. The van der Waals surface area contributed by atoms with Crippen molar-refractivity contribution in [3.63, 3.8) is 0 Å². The third-order valence-corrected chi connectivity index (χ3v) is 4.60. The average molecular weight is 336 g/mol. The van der Waals surface area contributed by atoms with Crippen LogP contribution in [0, 0.1) is 6.92 Å². The molecule has 1 aliphatic heterocycles. The van der Waals surface area contributed by atoms with Gasteiger partial charge in [0, 0.05) is 37.1 Å². The van der Waals surface area contributed by atoms with Crippen LogP contribution in [0.2, 0.25) is 0 Å².